The lowest BCUT2D eigenvalue weighted by molar-refractivity contribution is 0.0550. The van der Waals surface area contributed by atoms with Gasteiger partial charge in [0.05, 0.1) is 5.56 Å². The van der Waals surface area contributed by atoms with Crippen LogP contribution >= 0.6 is 38.5 Å². The Bertz CT molecular complexity index is 463. The largest absolute Gasteiger partial charge is 0.336 e. The highest BCUT2D eigenvalue weighted by molar-refractivity contribution is 14.1. The van der Waals surface area contributed by atoms with Crippen molar-refractivity contribution in [3.05, 3.63) is 31.8 Å². The van der Waals surface area contributed by atoms with E-state index in [4.69, 9.17) is 0 Å². The van der Waals surface area contributed by atoms with Crippen LogP contribution in [0.5, 0.6) is 0 Å². The van der Waals surface area contributed by atoms with Gasteiger partial charge in [-0.1, -0.05) is 6.92 Å². The summed E-state index contributed by atoms with van der Waals surface area (Å²) in [6.45, 7) is 5.26. The standard InChI is InChI=1S/C14H17BrINO/c1-9-4-3-7-17(10(9)2)14(18)12-8-11(16)5-6-13(12)15/h5-6,8-10H,3-4,7H2,1-2H3. The molecule has 0 bridgehead atoms. The molecule has 2 nitrogen and oxygen atoms in total. The number of amides is 1. The molecule has 1 aliphatic heterocycles. The van der Waals surface area contributed by atoms with Crippen molar-refractivity contribution < 1.29 is 4.79 Å². The molecule has 2 atom stereocenters. The molecule has 98 valence electrons. The summed E-state index contributed by atoms with van der Waals surface area (Å²) in [5.41, 5.74) is 0.780. The smallest absolute Gasteiger partial charge is 0.255 e. The SMILES string of the molecule is CC1CCCN(C(=O)c2cc(I)ccc2Br)C1C. The lowest BCUT2D eigenvalue weighted by Gasteiger charge is -2.38. The maximum atomic E-state index is 12.6. The molecule has 0 saturated carbocycles. The van der Waals surface area contributed by atoms with Crippen LogP contribution in [-0.2, 0) is 0 Å². The van der Waals surface area contributed by atoms with Gasteiger partial charge in [-0.25, -0.2) is 0 Å². The van der Waals surface area contributed by atoms with Gasteiger partial charge >= 0.3 is 0 Å². The predicted molar refractivity (Wildman–Crippen MR) is 85.8 cm³/mol. The molecular weight excluding hydrogens is 405 g/mol. The Hall–Kier alpha value is -0.100. The second-order valence-electron chi connectivity index (χ2n) is 4.98. The summed E-state index contributed by atoms with van der Waals surface area (Å²) in [6, 6.07) is 6.24. The first-order valence-electron chi connectivity index (χ1n) is 6.26. The van der Waals surface area contributed by atoms with Gasteiger partial charge in [-0.15, -0.1) is 0 Å². The van der Waals surface area contributed by atoms with E-state index >= 15 is 0 Å². The first-order valence-corrected chi connectivity index (χ1v) is 8.14. The van der Waals surface area contributed by atoms with Crippen molar-refractivity contribution in [3.63, 3.8) is 0 Å². The molecule has 18 heavy (non-hydrogen) atoms. The maximum absolute atomic E-state index is 12.6. The molecule has 1 amide bonds. The first kappa shape index (κ1) is 14.3. The number of nitrogens with zero attached hydrogens (tertiary/aromatic N) is 1. The molecule has 0 spiro atoms. The second-order valence-corrected chi connectivity index (χ2v) is 7.08. The Morgan fingerprint density at radius 1 is 1.44 bits per heavy atom. The van der Waals surface area contributed by atoms with Crippen molar-refractivity contribution in [1.82, 2.24) is 4.90 Å². The molecule has 2 rings (SSSR count). The van der Waals surface area contributed by atoms with Crippen LogP contribution in [0, 0.1) is 9.49 Å². The highest BCUT2D eigenvalue weighted by atomic mass is 127. The highest BCUT2D eigenvalue weighted by Crippen LogP contribution is 2.27. The van der Waals surface area contributed by atoms with Crippen LogP contribution in [0.3, 0.4) is 0 Å². The zero-order chi connectivity index (χ0) is 13.3. The Kier molecular flexibility index (Phi) is 4.69. The van der Waals surface area contributed by atoms with E-state index in [0.717, 1.165) is 26.6 Å². The molecule has 0 N–H and O–H groups in total. The number of halogens is 2. The third-order valence-electron chi connectivity index (χ3n) is 3.79. The van der Waals surface area contributed by atoms with E-state index in [0.29, 0.717) is 12.0 Å². The summed E-state index contributed by atoms with van der Waals surface area (Å²) in [5, 5.41) is 0. The number of benzene rings is 1. The zero-order valence-electron chi connectivity index (χ0n) is 10.6. The number of likely N-dealkylation sites (tertiary alicyclic amines) is 1. The molecule has 1 aromatic rings. The summed E-state index contributed by atoms with van der Waals surface area (Å²) in [6.07, 6.45) is 2.33. The van der Waals surface area contributed by atoms with E-state index in [1.165, 1.54) is 6.42 Å². The Morgan fingerprint density at radius 2 is 2.17 bits per heavy atom. The van der Waals surface area contributed by atoms with Crippen LogP contribution in [0.1, 0.15) is 37.0 Å². The second kappa shape index (κ2) is 5.90. The van der Waals surface area contributed by atoms with Crippen molar-refractivity contribution in [2.45, 2.75) is 32.7 Å². The lowest BCUT2D eigenvalue weighted by Crippen LogP contribution is -2.46. The number of carbonyl (C=O) groups excluding carboxylic acids is 1. The predicted octanol–water partition coefficient (Wildman–Crippen LogP) is 4.31. The summed E-state index contributed by atoms with van der Waals surface area (Å²) in [5.74, 6) is 0.740. The van der Waals surface area contributed by atoms with E-state index in [1.807, 2.05) is 23.1 Å². The van der Waals surface area contributed by atoms with E-state index in [1.54, 1.807) is 0 Å². The molecular formula is C14H17BrINO. The molecule has 0 aromatic heterocycles. The third kappa shape index (κ3) is 2.90. The molecule has 4 heteroatoms. The minimum Gasteiger partial charge on any atom is -0.336 e. The van der Waals surface area contributed by atoms with Crippen molar-refractivity contribution in [2.24, 2.45) is 5.92 Å². The fraction of sp³-hybridized carbons (Fsp3) is 0.500. The number of hydrogen-bond acceptors (Lipinski definition) is 1. The van der Waals surface area contributed by atoms with Crippen LogP contribution in [0.25, 0.3) is 0 Å². The fourth-order valence-electron chi connectivity index (χ4n) is 2.44. The van der Waals surface area contributed by atoms with Gasteiger partial charge in [0.25, 0.3) is 5.91 Å². The van der Waals surface area contributed by atoms with Gasteiger partial charge in [-0.2, -0.15) is 0 Å². The summed E-state index contributed by atoms with van der Waals surface area (Å²) < 4.78 is 1.98. The van der Waals surface area contributed by atoms with Gasteiger partial charge in [-0.05, 0) is 82.4 Å². The number of piperidine rings is 1. The van der Waals surface area contributed by atoms with Crippen molar-refractivity contribution in [1.29, 1.82) is 0 Å². The molecule has 0 aliphatic carbocycles. The Morgan fingerprint density at radius 3 is 2.89 bits per heavy atom. The van der Waals surface area contributed by atoms with E-state index in [9.17, 15) is 4.79 Å². The average molecular weight is 422 g/mol. The van der Waals surface area contributed by atoms with E-state index < -0.39 is 0 Å². The highest BCUT2D eigenvalue weighted by Gasteiger charge is 2.29. The van der Waals surface area contributed by atoms with Crippen molar-refractivity contribution in [3.8, 4) is 0 Å². The lowest BCUT2D eigenvalue weighted by atomic mass is 9.91. The molecule has 2 unspecified atom stereocenters. The number of rotatable bonds is 1. The van der Waals surface area contributed by atoms with Gasteiger partial charge in [0.15, 0.2) is 0 Å². The van der Waals surface area contributed by atoms with Gasteiger partial charge in [0.1, 0.15) is 0 Å². The molecule has 1 aromatic carbocycles. The van der Waals surface area contributed by atoms with Gasteiger partial charge in [-0.3, -0.25) is 4.79 Å². The summed E-state index contributed by atoms with van der Waals surface area (Å²) in [4.78, 5) is 14.6. The Balaban J connectivity index is 2.27. The Labute approximate surface area is 130 Å². The van der Waals surface area contributed by atoms with Crippen LogP contribution in [-0.4, -0.2) is 23.4 Å². The third-order valence-corrected chi connectivity index (χ3v) is 5.16. The minimum atomic E-state index is 0.152. The maximum Gasteiger partial charge on any atom is 0.255 e. The molecule has 0 radical (unpaired) electrons. The van der Waals surface area contributed by atoms with Gasteiger partial charge in [0.2, 0.25) is 0 Å². The van der Waals surface area contributed by atoms with Crippen LogP contribution in [0.2, 0.25) is 0 Å². The van der Waals surface area contributed by atoms with Crippen molar-refractivity contribution in [2.75, 3.05) is 6.54 Å². The molecule has 1 fully saturated rings. The summed E-state index contributed by atoms with van der Waals surface area (Å²) in [7, 11) is 0. The first-order chi connectivity index (χ1) is 8.50. The molecule has 1 saturated heterocycles. The fourth-order valence-corrected chi connectivity index (χ4v) is 3.35. The normalized spacial score (nSPS) is 24.1. The van der Waals surface area contributed by atoms with Gasteiger partial charge in [0, 0.05) is 20.6 Å². The van der Waals surface area contributed by atoms with Crippen LogP contribution < -0.4 is 0 Å². The summed E-state index contributed by atoms with van der Waals surface area (Å²) >= 11 is 5.73. The number of carbonyl (C=O) groups is 1. The molecule has 1 heterocycles. The van der Waals surface area contributed by atoms with Gasteiger partial charge < -0.3 is 4.90 Å². The quantitative estimate of drug-likeness (QED) is 0.618. The van der Waals surface area contributed by atoms with Crippen molar-refractivity contribution >= 4 is 44.4 Å². The monoisotopic (exact) mass is 421 g/mol. The van der Waals surface area contributed by atoms with Crippen LogP contribution in [0.4, 0.5) is 0 Å². The topological polar surface area (TPSA) is 20.3 Å². The number of hydrogen-bond donors (Lipinski definition) is 0. The van der Waals surface area contributed by atoms with E-state index in [-0.39, 0.29) is 5.91 Å². The average Bonchev–Trinajstić information content (AvgIpc) is 2.35. The van der Waals surface area contributed by atoms with E-state index in [2.05, 4.69) is 52.4 Å². The van der Waals surface area contributed by atoms with Crippen LogP contribution in [0.15, 0.2) is 22.7 Å². The minimum absolute atomic E-state index is 0.152. The zero-order valence-corrected chi connectivity index (χ0v) is 14.4. The molecule has 1 aliphatic rings.